The molecule has 1 aliphatic heterocycles. The summed E-state index contributed by atoms with van der Waals surface area (Å²) in [5, 5.41) is 21.7. The first-order valence-corrected chi connectivity index (χ1v) is 18.1. The normalized spacial score (nSPS) is 15.8. The summed E-state index contributed by atoms with van der Waals surface area (Å²) in [6.07, 6.45) is 7.72. The van der Waals surface area contributed by atoms with Gasteiger partial charge in [0.1, 0.15) is 17.9 Å². The third-order valence-electron chi connectivity index (χ3n) is 8.27. The van der Waals surface area contributed by atoms with Crippen molar-refractivity contribution in [1.29, 1.82) is 0 Å². The molecule has 3 atom stereocenters. The Labute approximate surface area is 298 Å². The molecule has 0 fully saturated rings. The van der Waals surface area contributed by atoms with Gasteiger partial charge < -0.3 is 24.6 Å². The van der Waals surface area contributed by atoms with Crippen LogP contribution in [0.3, 0.4) is 0 Å². The third-order valence-corrected chi connectivity index (χ3v) is 9.78. The molecule has 1 amide bonds. The molecule has 1 heterocycles. The molecule has 1 aliphatic rings. The van der Waals surface area contributed by atoms with Gasteiger partial charge in [-0.1, -0.05) is 58.4 Å². The number of carbonyl (C=O) groups is 2. The molecule has 0 saturated heterocycles. The smallest absolute Gasteiger partial charge is 0.230 e. The highest BCUT2D eigenvalue weighted by Gasteiger charge is 2.35. The summed E-state index contributed by atoms with van der Waals surface area (Å²) in [6, 6.07) is 7.13. The van der Waals surface area contributed by atoms with Gasteiger partial charge in [0.05, 0.1) is 29.4 Å². The van der Waals surface area contributed by atoms with Crippen molar-refractivity contribution in [3.63, 3.8) is 0 Å². The van der Waals surface area contributed by atoms with Crippen LogP contribution in [0.15, 0.2) is 70.4 Å². The van der Waals surface area contributed by atoms with Gasteiger partial charge in [-0.05, 0) is 75.4 Å². The van der Waals surface area contributed by atoms with E-state index >= 15 is 0 Å². The lowest BCUT2D eigenvalue weighted by Gasteiger charge is -2.35. The molecule has 8 nitrogen and oxygen atoms in total. The molecule has 268 valence electrons. The minimum Gasteiger partial charge on any atom is -0.508 e. The van der Waals surface area contributed by atoms with E-state index in [1.807, 2.05) is 66.7 Å². The fraction of sp³-hybridized carbons (Fsp3) is 0.579. The molecule has 0 saturated carbocycles. The maximum atomic E-state index is 14.6. The second kappa shape index (κ2) is 21.4. The van der Waals surface area contributed by atoms with E-state index in [4.69, 9.17) is 26.3 Å². The Hall–Kier alpha value is -2.72. The molecule has 1 aromatic carbocycles. The number of hydrogen-bond acceptors (Lipinski definition) is 8. The van der Waals surface area contributed by atoms with Gasteiger partial charge in [0.15, 0.2) is 0 Å². The van der Waals surface area contributed by atoms with Crippen molar-refractivity contribution in [3.05, 3.63) is 65.4 Å². The summed E-state index contributed by atoms with van der Waals surface area (Å²) in [6.45, 7) is 21.0. The maximum Gasteiger partial charge on any atom is 0.230 e. The highest BCUT2D eigenvalue weighted by molar-refractivity contribution is 8.01. The van der Waals surface area contributed by atoms with Gasteiger partial charge in [0, 0.05) is 54.6 Å². The fourth-order valence-electron chi connectivity index (χ4n) is 5.25. The number of rotatable bonds is 20. The molecule has 0 bridgehead atoms. The number of amidine groups is 1. The van der Waals surface area contributed by atoms with Gasteiger partial charge in [-0.3, -0.25) is 9.79 Å². The Kier molecular flexibility index (Phi) is 19.3. The van der Waals surface area contributed by atoms with Crippen molar-refractivity contribution in [3.8, 4) is 0 Å². The Morgan fingerprint density at radius 1 is 1.21 bits per heavy atom. The number of methoxy groups -OCH3 is 1. The molecule has 2 rings (SSSR count). The summed E-state index contributed by atoms with van der Waals surface area (Å²) in [5.41, 5.74) is 1.78. The molecule has 1 aromatic rings. The minimum atomic E-state index is -0.565. The zero-order valence-corrected chi connectivity index (χ0v) is 32.0. The lowest BCUT2D eigenvalue weighted by molar-refractivity contribution is -0.123. The van der Waals surface area contributed by atoms with Crippen LogP contribution < -0.4 is 4.90 Å². The number of hydrogen-bond donors (Lipinski definition) is 2. The quantitative estimate of drug-likeness (QED) is 0.0609. The number of halogens is 1. The standard InChI is InChI=1S/C36H52ClN3O5S.C2H6/c1-9-26(15-17-45-8)31(43)20-27(10-2)25(3)19-28(21-33-38-22-32(39-33)36(6,7)46-18-16-41)34(44)40(23-35(4,5)24-42)30-13-11-29(37)12-14-30;1-2/h9-14,16,20,25,27-28,42-43H,2,15,17-19,21-24H2,1,3-8H3;1-2H3/b26-9-,31-20?;/t25?,27?,28-;/m1./s1. The molecule has 0 aromatic heterocycles. The molecular formula is C38H58ClN3O5S. The summed E-state index contributed by atoms with van der Waals surface area (Å²) in [5.74, 6) is 0.229. The van der Waals surface area contributed by atoms with E-state index in [1.165, 1.54) is 11.8 Å². The zero-order chi connectivity index (χ0) is 36.5. The Bertz CT molecular complexity index is 1300. The average Bonchev–Trinajstić information content (AvgIpc) is 3.56. The molecule has 2 unspecified atom stereocenters. The first kappa shape index (κ1) is 43.3. The van der Waals surface area contributed by atoms with Gasteiger partial charge in [-0.15, -0.1) is 18.3 Å². The number of aliphatic hydroxyl groups is 2. The molecular weight excluding hydrogens is 646 g/mol. The van der Waals surface area contributed by atoms with Crippen LogP contribution in [0.2, 0.25) is 5.02 Å². The van der Waals surface area contributed by atoms with Crippen LogP contribution in [0.1, 0.15) is 74.7 Å². The number of anilines is 1. The summed E-state index contributed by atoms with van der Waals surface area (Å²) in [7, 11) is 1.63. The van der Waals surface area contributed by atoms with Crippen molar-refractivity contribution in [2.24, 2.45) is 33.2 Å². The Morgan fingerprint density at radius 3 is 2.40 bits per heavy atom. The molecule has 2 N–H and O–H groups in total. The van der Waals surface area contributed by atoms with Gasteiger partial charge in [0.25, 0.3) is 0 Å². The summed E-state index contributed by atoms with van der Waals surface area (Å²) in [4.78, 5) is 37.0. The van der Waals surface area contributed by atoms with Crippen LogP contribution in [0, 0.1) is 23.2 Å². The van der Waals surface area contributed by atoms with E-state index in [0.29, 0.717) is 61.3 Å². The van der Waals surface area contributed by atoms with Crippen LogP contribution in [0.4, 0.5) is 5.69 Å². The van der Waals surface area contributed by atoms with E-state index in [9.17, 15) is 19.8 Å². The predicted octanol–water partition coefficient (Wildman–Crippen LogP) is 8.54. The third kappa shape index (κ3) is 13.7. The fourth-order valence-corrected chi connectivity index (χ4v) is 6.14. The molecule has 0 aliphatic carbocycles. The van der Waals surface area contributed by atoms with Crippen molar-refractivity contribution in [2.45, 2.75) is 79.4 Å². The average molecular weight is 704 g/mol. The number of allylic oxidation sites excluding steroid dienone is 4. The van der Waals surface area contributed by atoms with E-state index in [-0.39, 0.29) is 34.9 Å². The van der Waals surface area contributed by atoms with Crippen LogP contribution in [0.25, 0.3) is 0 Å². The van der Waals surface area contributed by atoms with Crippen molar-refractivity contribution in [1.82, 2.24) is 0 Å². The van der Waals surface area contributed by atoms with Gasteiger partial charge >= 0.3 is 0 Å². The van der Waals surface area contributed by atoms with Crippen LogP contribution >= 0.6 is 23.4 Å². The number of ether oxygens (including phenoxy) is 1. The lowest BCUT2D eigenvalue weighted by Crippen LogP contribution is -2.44. The number of aliphatic imine (C=N–C) groups is 2. The number of thioether (sulfide) groups is 1. The zero-order valence-electron chi connectivity index (χ0n) is 30.5. The monoisotopic (exact) mass is 703 g/mol. The number of benzene rings is 1. The second-order valence-corrected chi connectivity index (χ2v) is 15.1. The second-order valence-electron chi connectivity index (χ2n) is 13.0. The number of carbonyl (C=O) groups excluding carboxylic acids is 2. The van der Waals surface area contributed by atoms with E-state index < -0.39 is 11.3 Å². The topological polar surface area (TPSA) is 112 Å². The highest BCUT2D eigenvalue weighted by Crippen LogP contribution is 2.33. The molecule has 0 spiro atoms. The Balaban J connectivity index is 0.00000565. The summed E-state index contributed by atoms with van der Waals surface area (Å²) < 4.78 is 4.83. The van der Waals surface area contributed by atoms with Gasteiger partial charge in [-0.2, -0.15) is 0 Å². The highest BCUT2D eigenvalue weighted by atomic mass is 35.5. The lowest BCUT2D eigenvalue weighted by atomic mass is 9.82. The SMILES string of the molecule is C=CC(C=C(O)/C(=C\C)CCOC)C(C)C[C@H](CC1=NCC(C(C)(C)SCC=O)=N1)C(=O)N(CC(C)(C)CO)c1ccc(Cl)cc1.CC. The molecule has 48 heavy (non-hydrogen) atoms. The first-order valence-electron chi connectivity index (χ1n) is 16.8. The maximum absolute atomic E-state index is 14.6. The van der Waals surface area contributed by atoms with E-state index in [1.54, 1.807) is 36.3 Å². The number of aldehydes is 1. The van der Waals surface area contributed by atoms with Crippen LogP contribution in [0.5, 0.6) is 0 Å². The molecule has 0 radical (unpaired) electrons. The van der Waals surface area contributed by atoms with Crippen molar-refractivity contribution < 1.29 is 24.5 Å². The van der Waals surface area contributed by atoms with Gasteiger partial charge in [-0.25, -0.2) is 4.99 Å². The predicted molar refractivity (Wildman–Crippen MR) is 205 cm³/mol. The number of nitrogens with zero attached hydrogens (tertiary/aromatic N) is 3. The Morgan fingerprint density at radius 2 is 1.85 bits per heavy atom. The van der Waals surface area contributed by atoms with E-state index in [0.717, 1.165) is 17.6 Å². The molecule has 10 heteroatoms. The van der Waals surface area contributed by atoms with Crippen LogP contribution in [-0.2, 0) is 14.3 Å². The number of amides is 1. The first-order chi connectivity index (χ1) is 22.7. The van der Waals surface area contributed by atoms with Gasteiger partial charge in [0.2, 0.25) is 5.91 Å². The van der Waals surface area contributed by atoms with E-state index in [2.05, 4.69) is 13.5 Å². The largest absolute Gasteiger partial charge is 0.508 e. The summed E-state index contributed by atoms with van der Waals surface area (Å²) >= 11 is 7.71. The van der Waals surface area contributed by atoms with Crippen molar-refractivity contribution >= 4 is 52.8 Å². The minimum absolute atomic E-state index is 0.0721. The van der Waals surface area contributed by atoms with Crippen molar-refractivity contribution in [2.75, 3.05) is 44.1 Å². The van der Waals surface area contributed by atoms with Crippen LogP contribution in [-0.4, -0.2) is 77.9 Å². The number of aliphatic hydroxyl groups excluding tert-OH is 2.